The Bertz CT molecular complexity index is 290. The monoisotopic (exact) mass is 192 g/mol. The van der Waals surface area contributed by atoms with Crippen LogP contribution in [0.1, 0.15) is 46.5 Å². The number of hydrogen-bond donors (Lipinski definition) is 0. The molecule has 1 heteroatoms. The van der Waals surface area contributed by atoms with Crippen molar-refractivity contribution in [3.8, 4) is 0 Å². The van der Waals surface area contributed by atoms with Crippen molar-refractivity contribution in [1.29, 1.82) is 0 Å². The lowest BCUT2D eigenvalue weighted by Gasteiger charge is -2.46. The largest absolute Gasteiger partial charge is 0.299 e. The third kappa shape index (κ3) is 1.25. The summed E-state index contributed by atoms with van der Waals surface area (Å²) in [7, 11) is 0. The topological polar surface area (TPSA) is 17.1 Å². The lowest BCUT2D eigenvalue weighted by molar-refractivity contribution is -0.137. The zero-order valence-corrected chi connectivity index (χ0v) is 9.47. The summed E-state index contributed by atoms with van der Waals surface area (Å²) < 4.78 is 0. The van der Waals surface area contributed by atoms with Crippen LogP contribution in [0.15, 0.2) is 11.6 Å². The van der Waals surface area contributed by atoms with Crippen molar-refractivity contribution in [2.75, 3.05) is 0 Å². The highest BCUT2D eigenvalue weighted by Crippen LogP contribution is 2.50. The van der Waals surface area contributed by atoms with Crippen LogP contribution in [0.5, 0.6) is 0 Å². The highest BCUT2D eigenvalue weighted by molar-refractivity contribution is 5.86. The van der Waals surface area contributed by atoms with Gasteiger partial charge in [-0.1, -0.05) is 25.5 Å². The normalized spacial score (nSPS) is 43.1. The van der Waals surface area contributed by atoms with Crippen LogP contribution in [0.25, 0.3) is 0 Å². The number of carbonyl (C=O) groups is 1. The first-order valence-electron chi connectivity index (χ1n) is 5.75. The molecule has 3 atom stereocenters. The summed E-state index contributed by atoms with van der Waals surface area (Å²) >= 11 is 0. The molecule has 2 aliphatic carbocycles. The summed E-state index contributed by atoms with van der Waals surface area (Å²) in [5, 5.41) is 0. The zero-order valence-electron chi connectivity index (χ0n) is 9.47. The number of fused-ring (bicyclic) bond motifs is 1. The van der Waals surface area contributed by atoms with Crippen LogP contribution in [-0.2, 0) is 4.79 Å². The van der Waals surface area contributed by atoms with Crippen molar-refractivity contribution in [2.24, 2.45) is 17.3 Å². The fourth-order valence-electron chi connectivity index (χ4n) is 3.30. The fourth-order valence-corrected chi connectivity index (χ4v) is 3.30. The van der Waals surface area contributed by atoms with Crippen molar-refractivity contribution in [1.82, 2.24) is 0 Å². The molecule has 2 aliphatic rings. The number of rotatable bonds is 0. The van der Waals surface area contributed by atoms with Crippen LogP contribution >= 0.6 is 0 Å². The van der Waals surface area contributed by atoms with Gasteiger partial charge in [-0.3, -0.25) is 4.79 Å². The van der Waals surface area contributed by atoms with E-state index in [2.05, 4.69) is 26.8 Å². The van der Waals surface area contributed by atoms with Gasteiger partial charge in [-0.05, 0) is 38.0 Å². The summed E-state index contributed by atoms with van der Waals surface area (Å²) in [6.07, 6.45) is 6.62. The smallest absolute Gasteiger partial charge is 0.139 e. The molecule has 0 aromatic carbocycles. The van der Waals surface area contributed by atoms with Crippen LogP contribution in [0.2, 0.25) is 0 Å². The SMILES string of the molecule is CC1=CC(C)C2(C)C(=O)CCCC2C1. The lowest BCUT2D eigenvalue weighted by atomic mass is 9.56. The van der Waals surface area contributed by atoms with Gasteiger partial charge in [0.15, 0.2) is 0 Å². The second-order valence-corrected chi connectivity index (χ2v) is 5.30. The third-order valence-corrected chi connectivity index (χ3v) is 4.45. The molecule has 2 rings (SSSR count). The predicted molar refractivity (Wildman–Crippen MR) is 58.0 cm³/mol. The van der Waals surface area contributed by atoms with E-state index in [4.69, 9.17) is 0 Å². The van der Waals surface area contributed by atoms with Gasteiger partial charge in [0.25, 0.3) is 0 Å². The highest BCUT2D eigenvalue weighted by atomic mass is 16.1. The first kappa shape index (κ1) is 9.95. The van der Waals surface area contributed by atoms with Crippen LogP contribution in [-0.4, -0.2) is 5.78 Å². The lowest BCUT2D eigenvalue weighted by Crippen LogP contribution is -2.45. The summed E-state index contributed by atoms with van der Waals surface area (Å²) in [6, 6.07) is 0. The molecule has 1 nitrogen and oxygen atoms in total. The summed E-state index contributed by atoms with van der Waals surface area (Å²) in [5.74, 6) is 1.56. The van der Waals surface area contributed by atoms with Gasteiger partial charge in [-0.15, -0.1) is 0 Å². The van der Waals surface area contributed by atoms with Gasteiger partial charge >= 0.3 is 0 Å². The molecule has 3 unspecified atom stereocenters. The second-order valence-electron chi connectivity index (χ2n) is 5.30. The number of Topliss-reactive ketones (excluding diaryl/α,β-unsaturated/α-hetero) is 1. The van der Waals surface area contributed by atoms with Gasteiger partial charge < -0.3 is 0 Å². The Morgan fingerprint density at radius 2 is 2.21 bits per heavy atom. The summed E-state index contributed by atoms with van der Waals surface area (Å²) in [4.78, 5) is 12.0. The first-order valence-corrected chi connectivity index (χ1v) is 5.75. The number of ketones is 1. The van der Waals surface area contributed by atoms with E-state index in [-0.39, 0.29) is 5.41 Å². The van der Waals surface area contributed by atoms with Crippen LogP contribution in [0.4, 0.5) is 0 Å². The molecule has 0 saturated heterocycles. The first-order chi connectivity index (χ1) is 6.55. The minimum Gasteiger partial charge on any atom is -0.299 e. The van der Waals surface area contributed by atoms with Crippen molar-refractivity contribution >= 4 is 5.78 Å². The van der Waals surface area contributed by atoms with E-state index >= 15 is 0 Å². The molecular formula is C13H20O. The predicted octanol–water partition coefficient (Wildman–Crippen LogP) is 3.35. The van der Waals surface area contributed by atoms with Crippen molar-refractivity contribution in [2.45, 2.75) is 46.5 Å². The average Bonchev–Trinajstić information content (AvgIpc) is 2.11. The van der Waals surface area contributed by atoms with E-state index in [0.29, 0.717) is 17.6 Å². The Hall–Kier alpha value is -0.590. The van der Waals surface area contributed by atoms with Gasteiger partial charge in [-0.25, -0.2) is 0 Å². The van der Waals surface area contributed by atoms with E-state index in [9.17, 15) is 4.79 Å². The second kappa shape index (κ2) is 3.22. The van der Waals surface area contributed by atoms with E-state index < -0.39 is 0 Å². The quantitative estimate of drug-likeness (QED) is 0.538. The Balaban J connectivity index is 2.37. The molecule has 0 aliphatic heterocycles. The molecule has 0 bridgehead atoms. The molecule has 0 aromatic rings. The Morgan fingerprint density at radius 1 is 1.50 bits per heavy atom. The minimum atomic E-state index is -0.0439. The number of allylic oxidation sites excluding steroid dienone is 2. The molecule has 0 amide bonds. The van der Waals surface area contributed by atoms with E-state index in [1.807, 2.05) is 0 Å². The molecule has 1 fully saturated rings. The van der Waals surface area contributed by atoms with Gasteiger partial charge in [0.2, 0.25) is 0 Å². The van der Waals surface area contributed by atoms with Crippen molar-refractivity contribution in [3.05, 3.63) is 11.6 Å². The van der Waals surface area contributed by atoms with Gasteiger partial charge in [0.05, 0.1) is 0 Å². The van der Waals surface area contributed by atoms with Crippen LogP contribution in [0, 0.1) is 17.3 Å². The standard InChI is InChI=1S/C13H20O/c1-9-7-10(2)13(3)11(8-9)5-4-6-12(13)14/h7,10-11H,4-6,8H2,1-3H3. The number of hydrogen-bond acceptors (Lipinski definition) is 1. The number of carbonyl (C=O) groups excluding carboxylic acids is 1. The van der Waals surface area contributed by atoms with Crippen molar-refractivity contribution < 1.29 is 4.79 Å². The fraction of sp³-hybridized carbons (Fsp3) is 0.769. The molecule has 0 radical (unpaired) electrons. The van der Waals surface area contributed by atoms with E-state index in [0.717, 1.165) is 19.3 Å². The van der Waals surface area contributed by atoms with Crippen LogP contribution < -0.4 is 0 Å². The van der Waals surface area contributed by atoms with E-state index in [1.54, 1.807) is 0 Å². The third-order valence-electron chi connectivity index (χ3n) is 4.45. The van der Waals surface area contributed by atoms with Gasteiger partial charge in [0.1, 0.15) is 5.78 Å². The molecule has 0 N–H and O–H groups in total. The highest BCUT2D eigenvalue weighted by Gasteiger charge is 2.47. The Labute approximate surface area is 86.6 Å². The van der Waals surface area contributed by atoms with Crippen LogP contribution in [0.3, 0.4) is 0 Å². The maximum absolute atomic E-state index is 12.0. The summed E-state index contributed by atoms with van der Waals surface area (Å²) in [5.41, 5.74) is 1.44. The van der Waals surface area contributed by atoms with E-state index in [1.165, 1.54) is 12.0 Å². The minimum absolute atomic E-state index is 0.0439. The molecule has 0 spiro atoms. The maximum atomic E-state index is 12.0. The summed E-state index contributed by atoms with van der Waals surface area (Å²) in [6.45, 7) is 6.60. The molecule has 0 aromatic heterocycles. The van der Waals surface area contributed by atoms with Gasteiger partial charge in [0, 0.05) is 11.8 Å². The maximum Gasteiger partial charge on any atom is 0.139 e. The average molecular weight is 192 g/mol. The molecule has 1 saturated carbocycles. The van der Waals surface area contributed by atoms with Gasteiger partial charge in [-0.2, -0.15) is 0 Å². The zero-order chi connectivity index (χ0) is 10.3. The Kier molecular flexibility index (Phi) is 2.29. The Morgan fingerprint density at radius 3 is 2.93 bits per heavy atom. The molecule has 78 valence electrons. The molecule has 0 heterocycles. The van der Waals surface area contributed by atoms with Crippen molar-refractivity contribution in [3.63, 3.8) is 0 Å². The molecular weight excluding hydrogens is 172 g/mol. The molecule has 14 heavy (non-hydrogen) atoms.